The molecule has 0 saturated heterocycles. The first-order valence-electron chi connectivity index (χ1n) is 13.7. The molecule has 0 aromatic heterocycles. The molecule has 1 saturated carbocycles. The highest BCUT2D eigenvalue weighted by Crippen LogP contribution is 2.55. The summed E-state index contributed by atoms with van der Waals surface area (Å²) in [6.45, 7) is 6.35. The molecule has 0 amide bonds. The molecule has 0 bridgehead atoms. The highest BCUT2D eigenvalue weighted by atomic mass is 16.6. The lowest BCUT2D eigenvalue weighted by atomic mass is 9.57. The second kappa shape index (κ2) is 10.6. The Kier molecular flexibility index (Phi) is 7.30. The molecule has 5 rings (SSSR count). The van der Waals surface area contributed by atoms with Gasteiger partial charge in [0.05, 0.1) is 23.7 Å². The molecule has 3 aromatic carbocycles. The number of methoxy groups -OCH3 is 1. The SMILES string of the molecule is COc1cc(C=Cc2cc(O)c(C=Cc3ccc([N+](=O)[O-])cc3)c(O)c2)cc2c1O[C@]1(C)CC[C@@H](O)C(C)(C)[C@H]1C2. The summed E-state index contributed by atoms with van der Waals surface area (Å²) in [4.78, 5) is 10.4. The minimum absolute atomic E-state index is 0.0110. The van der Waals surface area contributed by atoms with Crippen LogP contribution in [0, 0.1) is 21.4 Å². The van der Waals surface area contributed by atoms with E-state index < -0.39 is 4.92 Å². The van der Waals surface area contributed by atoms with E-state index in [2.05, 4.69) is 26.8 Å². The van der Waals surface area contributed by atoms with Crippen molar-refractivity contribution >= 4 is 30.0 Å². The highest BCUT2D eigenvalue weighted by Gasteiger charge is 2.54. The molecule has 3 aromatic rings. The fourth-order valence-electron chi connectivity index (χ4n) is 6.23. The van der Waals surface area contributed by atoms with Crippen molar-refractivity contribution in [3.63, 3.8) is 0 Å². The van der Waals surface area contributed by atoms with Crippen LogP contribution in [-0.4, -0.2) is 39.1 Å². The van der Waals surface area contributed by atoms with E-state index in [0.29, 0.717) is 23.3 Å². The van der Waals surface area contributed by atoms with E-state index in [0.717, 1.165) is 29.7 Å². The van der Waals surface area contributed by atoms with E-state index in [1.54, 1.807) is 49.6 Å². The largest absolute Gasteiger partial charge is 0.507 e. The van der Waals surface area contributed by atoms with Gasteiger partial charge in [-0.2, -0.15) is 0 Å². The molecule has 0 radical (unpaired) electrons. The average molecular weight is 558 g/mol. The third-order valence-electron chi connectivity index (χ3n) is 8.71. The number of aromatic hydroxyl groups is 2. The van der Waals surface area contributed by atoms with Crippen molar-refractivity contribution in [2.75, 3.05) is 7.11 Å². The Balaban J connectivity index is 1.39. The number of nitrogens with zero attached hydrogens (tertiary/aromatic N) is 1. The van der Waals surface area contributed by atoms with E-state index in [-0.39, 0.29) is 45.8 Å². The monoisotopic (exact) mass is 557 g/mol. The molecule has 2 aliphatic rings. The van der Waals surface area contributed by atoms with Crippen LogP contribution in [0.5, 0.6) is 23.0 Å². The molecule has 8 nitrogen and oxygen atoms in total. The van der Waals surface area contributed by atoms with Crippen LogP contribution in [0.15, 0.2) is 48.5 Å². The third-order valence-corrected chi connectivity index (χ3v) is 8.71. The molecule has 0 unspecified atom stereocenters. The Morgan fingerprint density at radius 2 is 1.56 bits per heavy atom. The number of hydrogen-bond donors (Lipinski definition) is 3. The number of non-ortho nitro benzene ring substituents is 1. The van der Waals surface area contributed by atoms with Gasteiger partial charge < -0.3 is 24.8 Å². The molecule has 1 aliphatic heterocycles. The summed E-state index contributed by atoms with van der Waals surface area (Å²) in [5.74, 6) is 1.32. The summed E-state index contributed by atoms with van der Waals surface area (Å²) in [5, 5.41) is 42.8. The van der Waals surface area contributed by atoms with Crippen LogP contribution < -0.4 is 9.47 Å². The van der Waals surface area contributed by atoms with Gasteiger partial charge in [0, 0.05) is 18.1 Å². The topological polar surface area (TPSA) is 122 Å². The number of nitro benzene ring substituents is 1. The fraction of sp³-hybridized carbons (Fsp3) is 0.333. The van der Waals surface area contributed by atoms with Crippen LogP contribution in [0.1, 0.15) is 61.4 Å². The number of aliphatic hydroxyl groups excluding tert-OH is 1. The minimum Gasteiger partial charge on any atom is -0.507 e. The molecule has 1 fully saturated rings. The van der Waals surface area contributed by atoms with Gasteiger partial charge in [-0.15, -0.1) is 0 Å². The zero-order valence-electron chi connectivity index (χ0n) is 23.6. The maximum absolute atomic E-state index is 10.8. The van der Waals surface area contributed by atoms with Gasteiger partial charge in [0.1, 0.15) is 17.1 Å². The molecule has 8 heteroatoms. The van der Waals surface area contributed by atoms with Crippen molar-refractivity contribution in [1.82, 2.24) is 0 Å². The van der Waals surface area contributed by atoms with Gasteiger partial charge in [-0.3, -0.25) is 10.1 Å². The number of benzene rings is 3. The summed E-state index contributed by atoms with van der Waals surface area (Å²) in [7, 11) is 1.62. The van der Waals surface area contributed by atoms with Gasteiger partial charge in [-0.25, -0.2) is 0 Å². The lowest BCUT2D eigenvalue weighted by Gasteiger charge is -2.55. The first-order chi connectivity index (χ1) is 19.4. The number of aliphatic hydroxyl groups is 1. The van der Waals surface area contributed by atoms with E-state index >= 15 is 0 Å². The number of rotatable bonds is 6. The summed E-state index contributed by atoms with van der Waals surface area (Å²) < 4.78 is 12.3. The van der Waals surface area contributed by atoms with Crippen LogP contribution in [0.2, 0.25) is 0 Å². The van der Waals surface area contributed by atoms with Gasteiger partial charge in [-0.1, -0.05) is 32.1 Å². The average Bonchev–Trinajstić information content (AvgIpc) is 2.93. The summed E-state index contributed by atoms with van der Waals surface area (Å²) in [5.41, 5.74) is 2.74. The Hall–Kier alpha value is -4.30. The van der Waals surface area contributed by atoms with Gasteiger partial charge in [0.2, 0.25) is 0 Å². The van der Waals surface area contributed by atoms with Crippen molar-refractivity contribution < 1.29 is 29.7 Å². The maximum atomic E-state index is 10.8. The quantitative estimate of drug-likeness (QED) is 0.172. The standard InChI is InChI=1S/C33H35NO7/c1-32(2)29-19-23-15-21(18-28(40-4)31(23)41-33(29,3)14-13-30(32)37)5-6-22-16-26(35)25(27(36)17-22)12-9-20-7-10-24(11-8-20)34(38)39/h5-12,15-18,29-30,35-37H,13-14,19H2,1-4H3/t29-,30-,33-/m1/s1. The predicted octanol–water partition coefficient (Wildman–Crippen LogP) is 6.85. The normalized spacial score (nSPS) is 23.1. The van der Waals surface area contributed by atoms with Crippen LogP contribution in [0.4, 0.5) is 5.69 Å². The van der Waals surface area contributed by atoms with E-state index in [9.17, 15) is 25.4 Å². The van der Waals surface area contributed by atoms with Crippen LogP contribution in [0.3, 0.4) is 0 Å². The lowest BCUT2D eigenvalue weighted by Crippen LogP contribution is -2.58. The first kappa shape index (κ1) is 28.2. The first-order valence-corrected chi connectivity index (χ1v) is 13.7. The van der Waals surface area contributed by atoms with Crippen LogP contribution in [-0.2, 0) is 6.42 Å². The molecular formula is C33H35NO7. The number of fused-ring (bicyclic) bond motifs is 2. The zero-order chi connectivity index (χ0) is 29.5. The highest BCUT2D eigenvalue weighted by molar-refractivity contribution is 5.79. The van der Waals surface area contributed by atoms with Gasteiger partial charge in [-0.05, 0) is 96.3 Å². The van der Waals surface area contributed by atoms with Crippen molar-refractivity contribution in [3.05, 3.63) is 86.5 Å². The van der Waals surface area contributed by atoms with Crippen molar-refractivity contribution in [2.24, 2.45) is 11.3 Å². The summed E-state index contributed by atoms with van der Waals surface area (Å²) in [6, 6.07) is 13.1. The van der Waals surface area contributed by atoms with Crippen molar-refractivity contribution in [2.45, 2.75) is 51.7 Å². The second-order valence-electron chi connectivity index (χ2n) is 11.7. The van der Waals surface area contributed by atoms with Crippen LogP contribution in [0.25, 0.3) is 24.3 Å². The molecule has 214 valence electrons. The van der Waals surface area contributed by atoms with E-state index in [4.69, 9.17) is 9.47 Å². The Labute approximate surface area is 239 Å². The van der Waals surface area contributed by atoms with Gasteiger partial charge in [0.25, 0.3) is 5.69 Å². The van der Waals surface area contributed by atoms with Crippen molar-refractivity contribution in [1.29, 1.82) is 0 Å². The van der Waals surface area contributed by atoms with Gasteiger partial charge >= 0.3 is 0 Å². The fourth-order valence-corrected chi connectivity index (χ4v) is 6.23. The Morgan fingerprint density at radius 3 is 2.17 bits per heavy atom. The summed E-state index contributed by atoms with van der Waals surface area (Å²) >= 11 is 0. The summed E-state index contributed by atoms with van der Waals surface area (Å²) in [6.07, 6.45) is 8.75. The van der Waals surface area contributed by atoms with E-state index in [1.807, 2.05) is 12.1 Å². The number of ether oxygens (including phenoxy) is 2. The number of phenols is 2. The Bertz CT molecular complexity index is 1520. The third kappa shape index (κ3) is 5.39. The molecule has 0 spiro atoms. The lowest BCUT2D eigenvalue weighted by molar-refractivity contribution is -0.384. The second-order valence-corrected chi connectivity index (χ2v) is 11.7. The molecule has 41 heavy (non-hydrogen) atoms. The van der Waals surface area contributed by atoms with Crippen molar-refractivity contribution in [3.8, 4) is 23.0 Å². The zero-order valence-corrected chi connectivity index (χ0v) is 23.6. The number of hydrogen-bond acceptors (Lipinski definition) is 7. The number of nitro groups is 1. The maximum Gasteiger partial charge on any atom is 0.269 e. The molecular weight excluding hydrogens is 522 g/mol. The smallest absolute Gasteiger partial charge is 0.269 e. The molecule has 3 atom stereocenters. The minimum atomic E-state index is -0.469. The Morgan fingerprint density at radius 1 is 0.951 bits per heavy atom. The van der Waals surface area contributed by atoms with Crippen LogP contribution >= 0.6 is 0 Å². The predicted molar refractivity (Wildman–Crippen MR) is 159 cm³/mol. The molecule has 3 N–H and O–H groups in total. The number of phenolic OH excluding ortho intramolecular Hbond substituents is 2. The molecule has 1 heterocycles. The van der Waals surface area contributed by atoms with E-state index in [1.165, 1.54) is 12.1 Å². The van der Waals surface area contributed by atoms with Gasteiger partial charge in [0.15, 0.2) is 11.5 Å². The molecule has 1 aliphatic carbocycles.